The quantitative estimate of drug-likeness (QED) is 0.606. The maximum atomic E-state index is 13.1. The lowest BCUT2D eigenvalue weighted by atomic mass is 9.98. The number of esters is 1. The van der Waals surface area contributed by atoms with Crippen LogP contribution in [0.3, 0.4) is 0 Å². The van der Waals surface area contributed by atoms with Crippen LogP contribution in [0, 0.1) is 11.7 Å². The number of carbonyl (C=O) groups excluding carboxylic acids is 1. The molecule has 1 saturated heterocycles. The molecule has 0 bridgehead atoms. The average Bonchev–Trinajstić information content (AvgIpc) is 3.25. The molecule has 0 N–H and O–H groups in total. The molecule has 1 unspecified atom stereocenters. The second kappa shape index (κ2) is 8.34. The van der Waals surface area contributed by atoms with Crippen molar-refractivity contribution in [3.05, 3.63) is 42.2 Å². The number of halogens is 1. The maximum absolute atomic E-state index is 13.1. The third-order valence-corrected chi connectivity index (χ3v) is 4.76. The highest BCUT2D eigenvalue weighted by Crippen LogP contribution is 2.25. The van der Waals surface area contributed by atoms with Gasteiger partial charge in [-0.2, -0.15) is 4.98 Å². The Morgan fingerprint density at radius 1 is 1.24 bits per heavy atom. The Bertz CT molecular complexity index is 975. The van der Waals surface area contributed by atoms with Gasteiger partial charge in [0.05, 0.1) is 12.5 Å². The minimum Gasteiger partial charge on any atom is -0.466 e. The largest absolute Gasteiger partial charge is 0.466 e. The van der Waals surface area contributed by atoms with Crippen LogP contribution in [0.2, 0.25) is 0 Å². The van der Waals surface area contributed by atoms with Crippen molar-refractivity contribution < 1.29 is 18.4 Å². The third-order valence-electron chi connectivity index (χ3n) is 4.76. The van der Waals surface area contributed by atoms with E-state index in [1.807, 2.05) is 17.9 Å². The standard InChI is InChI=1S/C20H20FN5O3/c1-2-28-20(27)14-4-3-11-26(12-14)17-10-9-16(23-24-17)19-22-18(25-29-19)13-5-7-15(21)8-6-13/h5-10,14H,2-4,11-12H2,1H3. The molecule has 1 atom stereocenters. The van der Waals surface area contributed by atoms with Crippen molar-refractivity contribution in [3.63, 3.8) is 0 Å². The van der Waals surface area contributed by atoms with Gasteiger partial charge in [-0.25, -0.2) is 4.39 Å². The van der Waals surface area contributed by atoms with E-state index >= 15 is 0 Å². The fraction of sp³-hybridized carbons (Fsp3) is 0.350. The number of piperidine rings is 1. The number of rotatable bonds is 5. The molecule has 0 radical (unpaired) electrons. The summed E-state index contributed by atoms with van der Waals surface area (Å²) in [4.78, 5) is 18.3. The summed E-state index contributed by atoms with van der Waals surface area (Å²) in [5.41, 5.74) is 1.08. The molecule has 0 aliphatic carbocycles. The van der Waals surface area contributed by atoms with Gasteiger partial charge < -0.3 is 14.2 Å². The topological polar surface area (TPSA) is 94.2 Å². The number of nitrogens with zero attached hydrogens (tertiary/aromatic N) is 5. The van der Waals surface area contributed by atoms with Crippen molar-refractivity contribution in [1.29, 1.82) is 0 Å². The van der Waals surface area contributed by atoms with Crippen LogP contribution in [-0.2, 0) is 9.53 Å². The molecule has 1 aliphatic heterocycles. The minimum atomic E-state index is -0.332. The Balaban J connectivity index is 1.47. The zero-order valence-electron chi connectivity index (χ0n) is 15.9. The lowest BCUT2D eigenvalue weighted by Gasteiger charge is -2.31. The summed E-state index contributed by atoms with van der Waals surface area (Å²) in [5, 5.41) is 12.4. The first-order chi connectivity index (χ1) is 14.1. The highest BCUT2D eigenvalue weighted by molar-refractivity contribution is 5.73. The number of carbonyl (C=O) groups is 1. The second-order valence-electron chi connectivity index (χ2n) is 6.74. The molecule has 3 heterocycles. The Morgan fingerprint density at radius 3 is 2.79 bits per heavy atom. The van der Waals surface area contributed by atoms with Gasteiger partial charge >= 0.3 is 5.97 Å². The lowest BCUT2D eigenvalue weighted by molar-refractivity contribution is -0.148. The summed E-state index contributed by atoms with van der Waals surface area (Å²) >= 11 is 0. The minimum absolute atomic E-state index is 0.153. The zero-order chi connectivity index (χ0) is 20.2. The van der Waals surface area contributed by atoms with Crippen molar-refractivity contribution >= 4 is 11.8 Å². The van der Waals surface area contributed by atoms with E-state index in [0.717, 1.165) is 19.4 Å². The average molecular weight is 397 g/mol. The van der Waals surface area contributed by atoms with Crippen LogP contribution < -0.4 is 4.90 Å². The van der Waals surface area contributed by atoms with Crippen LogP contribution in [0.15, 0.2) is 40.9 Å². The summed E-state index contributed by atoms with van der Waals surface area (Å²) < 4.78 is 23.5. The first-order valence-electron chi connectivity index (χ1n) is 9.49. The van der Waals surface area contributed by atoms with Gasteiger partial charge in [-0.05, 0) is 56.2 Å². The summed E-state index contributed by atoms with van der Waals surface area (Å²) in [6.45, 7) is 3.55. The van der Waals surface area contributed by atoms with Gasteiger partial charge in [0.15, 0.2) is 11.5 Å². The molecule has 9 heteroatoms. The summed E-state index contributed by atoms with van der Waals surface area (Å²) in [5.74, 6) is 0.605. The van der Waals surface area contributed by atoms with E-state index in [0.29, 0.717) is 36.1 Å². The fourth-order valence-electron chi connectivity index (χ4n) is 3.29. The molecule has 1 fully saturated rings. The van der Waals surface area contributed by atoms with E-state index in [-0.39, 0.29) is 23.6 Å². The van der Waals surface area contributed by atoms with E-state index in [1.165, 1.54) is 12.1 Å². The van der Waals surface area contributed by atoms with Gasteiger partial charge in [-0.15, -0.1) is 10.2 Å². The number of ether oxygens (including phenoxy) is 1. The third kappa shape index (κ3) is 4.23. The van der Waals surface area contributed by atoms with Gasteiger partial charge in [-0.1, -0.05) is 5.16 Å². The lowest BCUT2D eigenvalue weighted by Crippen LogP contribution is -2.39. The molecular formula is C20H20FN5O3. The van der Waals surface area contributed by atoms with E-state index in [1.54, 1.807) is 18.2 Å². The van der Waals surface area contributed by atoms with Crippen LogP contribution in [0.1, 0.15) is 19.8 Å². The number of anilines is 1. The maximum Gasteiger partial charge on any atom is 0.310 e. The predicted octanol–water partition coefficient (Wildman–Crippen LogP) is 3.11. The molecule has 8 nitrogen and oxygen atoms in total. The molecule has 1 aromatic carbocycles. The molecule has 150 valence electrons. The summed E-state index contributed by atoms with van der Waals surface area (Å²) in [7, 11) is 0. The van der Waals surface area contributed by atoms with Crippen LogP contribution in [0.5, 0.6) is 0 Å². The number of aromatic nitrogens is 4. The monoisotopic (exact) mass is 397 g/mol. The van der Waals surface area contributed by atoms with Crippen LogP contribution >= 0.6 is 0 Å². The van der Waals surface area contributed by atoms with E-state index < -0.39 is 0 Å². The van der Waals surface area contributed by atoms with Gasteiger partial charge in [-0.3, -0.25) is 4.79 Å². The molecule has 2 aromatic heterocycles. The van der Waals surface area contributed by atoms with Crippen LogP contribution in [0.25, 0.3) is 23.0 Å². The van der Waals surface area contributed by atoms with Crippen molar-refractivity contribution in [2.24, 2.45) is 5.92 Å². The normalized spacial score (nSPS) is 16.6. The molecule has 4 rings (SSSR count). The number of hydrogen-bond acceptors (Lipinski definition) is 8. The van der Waals surface area contributed by atoms with Gasteiger partial charge in [0.25, 0.3) is 5.89 Å². The number of benzene rings is 1. The molecule has 3 aromatic rings. The SMILES string of the molecule is CCOC(=O)C1CCCN(c2ccc(-c3nc(-c4ccc(F)cc4)no3)nn2)C1. The zero-order valence-corrected chi connectivity index (χ0v) is 15.9. The Morgan fingerprint density at radius 2 is 2.07 bits per heavy atom. The van der Waals surface area contributed by atoms with Crippen molar-refractivity contribution in [2.45, 2.75) is 19.8 Å². The molecule has 1 aliphatic rings. The van der Waals surface area contributed by atoms with Crippen molar-refractivity contribution in [3.8, 4) is 23.0 Å². The molecule has 0 amide bonds. The van der Waals surface area contributed by atoms with Gasteiger partial charge in [0.2, 0.25) is 5.82 Å². The van der Waals surface area contributed by atoms with Gasteiger partial charge in [0.1, 0.15) is 5.82 Å². The predicted molar refractivity (Wildman–Crippen MR) is 102 cm³/mol. The Kier molecular flexibility index (Phi) is 5.46. The Labute approximate surface area is 166 Å². The first kappa shape index (κ1) is 19.0. The van der Waals surface area contributed by atoms with Crippen molar-refractivity contribution in [1.82, 2.24) is 20.3 Å². The second-order valence-corrected chi connectivity index (χ2v) is 6.74. The fourth-order valence-corrected chi connectivity index (χ4v) is 3.29. The van der Waals surface area contributed by atoms with E-state index in [9.17, 15) is 9.18 Å². The smallest absolute Gasteiger partial charge is 0.310 e. The molecule has 29 heavy (non-hydrogen) atoms. The van der Waals surface area contributed by atoms with E-state index in [4.69, 9.17) is 9.26 Å². The van der Waals surface area contributed by atoms with Gasteiger partial charge in [0, 0.05) is 18.7 Å². The van der Waals surface area contributed by atoms with E-state index in [2.05, 4.69) is 20.3 Å². The first-order valence-corrected chi connectivity index (χ1v) is 9.49. The Hall–Kier alpha value is -3.36. The highest BCUT2D eigenvalue weighted by Gasteiger charge is 2.27. The van der Waals surface area contributed by atoms with Crippen LogP contribution in [0.4, 0.5) is 10.2 Å². The number of hydrogen-bond donors (Lipinski definition) is 0. The summed E-state index contributed by atoms with van der Waals surface area (Å²) in [6.07, 6.45) is 1.70. The molecule has 0 saturated carbocycles. The highest BCUT2D eigenvalue weighted by atomic mass is 19.1. The molecular weight excluding hydrogens is 377 g/mol. The van der Waals surface area contributed by atoms with Crippen LogP contribution in [-0.4, -0.2) is 46.0 Å². The van der Waals surface area contributed by atoms with Crippen molar-refractivity contribution in [2.75, 3.05) is 24.6 Å². The molecule has 0 spiro atoms. The summed E-state index contributed by atoms with van der Waals surface area (Å²) in [6, 6.07) is 9.39.